The molecule has 1 aliphatic rings. The van der Waals surface area contributed by atoms with E-state index in [0.717, 1.165) is 33.5 Å². The molecule has 0 saturated carbocycles. The fraction of sp³-hybridized carbons (Fsp3) is 0.0714. The summed E-state index contributed by atoms with van der Waals surface area (Å²) in [6.07, 6.45) is 1.57. The van der Waals surface area contributed by atoms with E-state index in [1.54, 1.807) is 6.33 Å². The molecule has 0 saturated heterocycles. The van der Waals surface area contributed by atoms with E-state index in [-0.39, 0.29) is 5.92 Å². The van der Waals surface area contributed by atoms with Crippen molar-refractivity contribution in [2.75, 3.05) is 5.32 Å². The molecule has 32 heavy (non-hydrogen) atoms. The first-order valence-corrected chi connectivity index (χ1v) is 10.8. The molecule has 6 rings (SSSR count). The van der Waals surface area contributed by atoms with Crippen molar-refractivity contribution in [3.63, 3.8) is 0 Å². The van der Waals surface area contributed by atoms with E-state index < -0.39 is 0 Å². The standard InChI is InChI=1S/C28H21N3O/c1-3-9-19(10-4-1)17-29-27-25-24(21-12-5-2-6-13-21)23-16-15-20-11-7-8-14-22(20)26(23)32-28(25)31-18-30-27/h1-16,18,24H,17H2,(H,29,30,31). The molecule has 1 aliphatic heterocycles. The lowest BCUT2D eigenvalue weighted by Gasteiger charge is -2.30. The summed E-state index contributed by atoms with van der Waals surface area (Å²) in [6, 6.07) is 33.5. The van der Waals surface area contributed by atoms with Gasteiger partial charge in [0.1, 0.15) is 17.9 Å². The molecule has 0 fully saturated rings. The Morgan fingerprint density at radius 1 is 0.750 bits per heavy atom. The Balaban J connectivity index is 1.52. The summed E-state index contributed by atoms with van der Waals surface area (Å²) < 4.78 is 6.44. The summed E-state index contributed by atoms with van der Waals surface area (Å²) in [5, 5.41) is 5.77. The molecule has 0 spiro atoms. The fourth-order valence-electron chi connectivity index (χ4n) is 4.49. The maximum absolute atomic E-state index is 6.44. The van der Waals surface area contributed by atoms with Gasteiger partial charge in [-0.2, -0.15) is 0 Å². The van der Waals surface area contributed by atoms with E-state index >= 15 is 0 Å². The van der Waals surface area contributed by atoms with Crippen LogP contribution in [-0.2, 0) is 6.54 Å². The van der Waals surface area contributed by atoms with E-state index in [1.807, 2.05) is 36.4 Å². The number of rotatable bonds is 4. The third-order valence-corrected chi connectivity index (χ3v) is 5.99. The average Bonchev–Trinajstić information content (AvgIpc) is 2.87. The zero-order valence-corrected chi connectivity index (χ0v) is 17.4. The van der Waals surface area contributed by atoms with Crippen LogP contribution in [0.4, 0.5) is 5.82 Å². The molecule has 4 nitrogen and oxygen atoms in total. The first kappa shape index (κ1) is 18.6. The van der Waals surface area contributed by atoms with Crippen LogP contribution in [-0.4, -0.2) is 9.97 Å². The number of benzene rings is 4. The van der Waals surface area contributed by atoms with Crippen molar-refractivity contribution < 1.29 is 4.74 Å². The Kier molecular flexibility index (Phi) is 4.54. The van der Waals surface area contributed by atoms with Crippen molar-refractivity contribution in [2.24, 2.45) is 0 Å². The molecular formula is C28H21N3O. The number of nitrogens with one attached hydrogen (secondary N) is 1. The summed E-state index contributed by atoms with van der Waals surface area (Å²) in [6.45, 7) is 0.677. The first-order valence-electron chi connectivity index (χ1n) is 10.8. The van der Waals surface area contributed by atoms with E-state index in [9.17, 15) is 0 Å². The highest BCUT2D eigenvalue weighted by Gasteiger charge is 2.33. The lowest BCUT2D eigenvalue weighted by atomic mass is 9.82. The number of aromatic nitrogens is 2. The molecule has 4 aromatic carbocycles. The van der Waals surface area contributed by atoms with Crippen molar-refractivity contribution in [3.05, 3.63) is 126 Å². The predicted molar refractivity (Wildman–Crippen MR) is 127 cm³/mol. The molecule has 4 heteroatoms. The van der Waals surface area contributed by atoms with Crippen LogP contribution in [0.1, 0.15) is 28.2 Å². The maximum atomic E-state index is 6.44. The normalized spacial score (nSPS) is 14.3. The lowest BCUT2D eigenvalue weighted by Crippen LogP contribution is -2.17. The summed E-state index contributed by atoms with van der Waals surface area (Å²) in [4.78, 5) is 9.16. The number of nitrogens with zero attached hydrogens (tertiary/aromatic N) is 2. The minimum absolute atomic E-state index is 0.0287. The van der Waals surface area contributed by atoms with Gasteiger partial charge in [0.25, 0.3) is 0 Å². The van der Waals surface area contributed by atoms with Gasteiger partial charge in [-0.05, 0) is 16.5 Å². The second-order valence-corrected chi connectivity index (χ2v) is 7.93. The van der Waals surface area contributed by atoms with Gasteiger partial charge < -0.3 is 10.1 Å². The third kappa shape index (κ3) is 3.17. The molecule has 1 atom stereocenters. The van der Waals surface area contributed by atoms with Gasteiger partial charge in [-0.3, -0.25) is 0 Å². The van der Waals surface area contributed by atoms with Crippen molar-refractivity contribution in [3.8, 4) is 11.6 Å². The van der Waals surface area contributed by atoms with E-state index in [1.165, 1.54) is 11.1 Å². The number of ether oxygens (including phenoxy) is 1. The molecule has 5 aromatic rings. The van der Waals surface area contributed by atoms with Crippen LogP contribution in [0.15, 0.2) is 103 Å². The molecule has 1 aromatic heterocycles. The second kappa shape index (κ2) is 7.82. The monoisotopic (exact) mass is 415 g/mol. The summed E-state index contributed by atoms with van der Waals surface area (Å²) in [5.74, 6) is 2.25. The molecule has 1 N–H and O–H groups in total. The van der Waals surface area contributed by atoms with Gasteiger partial charge >= 0.3 is 0 Å². The predicted octanol–water partition coefficient (Wildman–Crippen LogP) is 6.53. The van der Waals surface area contributed by atoms with Gasteiger partial charge in [0.15, 0.2) is 0 Å². The van der Waals surface area contributed by atoms with Gasteiger partial charge in [0.05, 0.1) is 5.56 Å². The van der Waals surface area contributed by atoms with Crippen molar-refractivity contribution in [1.82, 2.24) is 9.97 Å². The number of anilines is 1. The molecule has 1 unspecified atom stereocenters. The summed E-state index contributed by atoms with van der Waals surface area (Å²) in [7, 11) is 0. The third-order valence-electron chi connectivity index (χ3n) is 5.99. The van der Waals surface area contributed by atoms with Crippen LogP contribution in [0.3, 0.4) is 0 Å². The van der Waals surface area contributed by atoms with Gasteiger partial charge in [-0.1, -0.05) is 97.1 Å². The van der Waals surface area contributed by atoms with Crippen LogP contribution < -0.4 is 10.1 Å². The van der Waals surface area contributed by atoms with E-state index in [2.05, 4.69) is 75.9 Å². The summed E-state index contributed by atoms with van der Waals surface area (Å²) >= 11 is 0. The quantitative estimate of drug-likeness (QED) is 0.356. The van der Waals surface area contributed by atoms with Crippen LogP contribution in [0.2, 0.25) is 0 Å². The Labute approximate surface area is 186 Å². The number of hydrogen-bond donors (Lipinski definition) is 1. The number of hydrogen-bond acceptors (Lipinski definition) is 4. The molecule has 0 bridgehead atoms. The van der Waals surface area contributed by atoms with Crippen molar-refractivity contribution >= 4 is 16.6 Å². The molecule has 154 valence electrons. The fourth-order valence-corrected chi connectivity index (χ4v) is 4.49. The Morgan fingerprint density at radius 2 is 1.50 bits per heavy atom. The molecule has 0 radical (unpaired) electrons. The molecule has 0 amide bonds. The smallest absolute Gasteiger partial charge is 0.228 e. The maximum Gasteiger partial charge on any atom is 0.228 e. The van der Waals surface area contributed by atoms with Crippen molar-refractivity contribution in [1.29, 1.82) is 0 Å². The minimum Gasteiger partial charge on any atom is -0.438 e. The highest BCUT2D eigenvalue weighted by molar-refractivity contribution is 5.91. The van der Waals surface area contributed by atoms with Crippen molar-refractivity contribution in [2.45, 2.75) is 12.5 Å². The van der Waals surface area contributed by atoms with Gasteiger partial charge in [0.2, 0.25) is 5.88 Å². The molecule has 2 heterocycles. The Hall–Kier alpha value is -4.18. The summed E-state index contributed by atoms with van der Waals surface area (Å²) in [5.41, 5.74) is 4.47. The topological polar surface area (TPSA) is 47.0 Å². The average molecular weight is 415 g/mol. The van der Waals surface area contributed by atoms with Gasteiger partial charge in [-0.25, -0.2) is 9.97 Å². The van der Waals surface area contributed by atoms with E-state index in [0.29, 0.717) is 12.4 Å². The SMILES string of the molecule is c1ccc(CNc2ncnc3c2C(c2ccccc2)c2ccc4ccccc4c2O3)cc1. The van der Waals surface area contributed by atoms with Crippen LogP contribution in [0.5, 0.6) is 11.6 Å². The highest BCUT2D eigenvalue weighted by Crippen LogP contribution is 2.50. The minimum atomic E-state index is -0.0287. The molecular weight excluding hydrogens is 394 g/mol. The Morgan fingerprint density at radius 3 is 2.34 bits per heavy atom. The zero-order chi connectivity index (χ0) is 21.3. The Bertz CT molecular complexity index is 1400. The number of fused-ring (bicyclic) bond motifs is 4. The highest BCUT2D eigenvalue weighted by atomic mass is 16.5. The lowest BCUT2D eigenvalue weighted by molar-refractivity contribution is 0.438. The van der Waals surface area contributed by atoms with Crippen LogP contribution in [0.25, 0.3) is 10.8 Å². The van der Waals surface area contributed by atoms with Crippen LogP contribution in [0, 0.1) is 0 Å². The van der Waals surface area contributed by atoms with E-state index in [4.69, 9.17) is 4.74 Å². The van der Waals surface area contributed by atoms with Crippen LogP contribution >= 0.6 is 0 Å². The van der Waals surface area contributed by atoms with Gasteiger partial charge in [-0.15, -0.1) is 0 Å². The molecule has 0 aliphatic carbocycles. The zero-order valence-electron chi connectivity index (χ0n) is 17.4. The van der Waals surface area contributed by atoms with Gasteiger partial charge in [0, 0.05) is 23.4 Å². The second-order valence-electron chi connectivity index (χ2n) is 7.93. The largest absolute Gasteiger partial charge is 0.438 e. The first-order chi connectivity index (χ1) is 15.9.